The third-order valence-electron chi connectivity index (χ3n) is 3.98. The zero-order valence-electron chi connectivity index (χ0n) is 13.5. The van der Waals surface area contributed by atoms with Crippen LogP contribution in [0.5, 0.6) is 0 Å². The standard InChI is InChI=1S/C19H18N4/c1-19(2,3)18-21-20-17-15-12-8-7-11-14(15)16(22-23(17)18)13-9-5-4-6-10-13/h4-12H,1-3H3. The lowest BCUT2D eigenvalue weighted by Crippen LogP contribution is -2.17. The molecule has 4 aromatic rings. The first-order chi connectivity index (χ1) is 11.1. The van der Waals surface area contributed by atoms with E-state index >= 15 is 0 Å². The number of benzene rings is 2. The Morgan fingerprint density at radius 1 is 0.783 bits per heavy atom. The van der Waals surface area contributed by atoms with Gasteiger partial charge in [0.15, 0.2) is 11.5 Å². The highest BCUT2D eigenvalue weighted by atomic mass is 15.4. The van der Waals surface area contributed by atoms with Crippen molar-refractivity contribution in [2.24, 2.45) is 0 Å². The Kier molecular flexibility index (Phi) is 2.94. The molecule has 0 aliphatic rings. The molecular weight excluding hydrogens is 284 g/mol. The fourth-order valence-corrected chi connectivity index (χ4v) is 2.86. The van der Waals surface area contributed by atoms with Gasteiger partial charge in [-0.25, -0.2) is 0 Å². The molecule has 0 fully saturated rings. The maximum Gasteiger partial charge on any atom is 0.185 e. The SMILES string of the molecule is CC(C)(C)c1nnc2c3ccccc3c(-c3ccccc3)nn12. The van der Waals surface area contributed by atoms with E-state index in [-0.39, 0.29) is 5.41 Å². The summed E-state index contributed by atoms with van der Waals surface area (Å²) in [6.07, 6.45) is 0. The Morgan fingerprint density at radius 2 is 1.43 bits per heavy atom. The van der Waals surface area contributed by atoms with Crippen molar-refractivity contribution in [2.75, 3.05) is 0 Å². The topological polar surface area (TPSA) is 43.1 Å². The Labute approximate surface area is 134 Å². The lowest BCUT2D eigenvalue weighted by molar-refractivity contribution is 0.527. The number of hydrogen-bond donors (Lipinski definition) is 0. The van der Waals surface area contributed by atoms with E-state index in [0.29, 0.717) is 0 Å². The monoisotopic (exact) mass is 302 g/mol. The molecule has 2 aromatic carbocycles. The van der Waals surface area contributed by atoms with Crippen LogP contribution in [0.3, 0.4) is 0 Å². The lowest BCUT2D eigenvalue weighted by atomic mass is 9.96. The van der Waals surface area contributed by atoms with Gasteiger partial charge in [0, 0.05) is 21.8 Å². The molecule has 0 spiro atoms. The average molecular weight is 302 g/mol. The predicted molar refractivity (Wildman–Crippen MR) is 92.4 cm³/mol. The van der Waals surface area contributed by atoms with Gasteiger partial charge in [-0.2, -0.15) is 9.61 Å². The fraction of sp³-hybridized carbons (Fsp3) is 0.211. The molecule has 0 saturated carbocycles. The number of nitrogens with zero attached hydrogens (tertiary/aromatic N) is 4. The van der Waals surface area contributed by atoms with Gasteiger partial charge in [-0.05, 0) is 0 Å². The molecule has 23 heavy (non-hydrogen) atoms. The summed E-state index contributed by atoms with van der Waals surface area (Å²) in [6.45, 7) is 6.38. The molecule has 4 nitrogen and oxygen atoms in total. The molecule has 114 valence electrons. The maximum atomic E-state index is 4.89. The summed E-state index contributed by atoms with van der Waals surface area (Å²) in [4.78, 5) is 0. The van der Waals surface area contributed by atoms with E-state index in [4.69, 9.17) is 5.10 Å². The highest BCUT2D eigenvalue weighted by Crippen LogP contribution is 2.30. The molecule has 0 radical (unpaired) electrons. The van der Waals surface area contributed by atoms with Crippen LogP contribution in [0.4, 0.5) is 0 Å². The Balaban J connectivity index is 2.16. The normalized spacial score (nSPS) is 12.1. The molecule has 0 N–H and O–H groups in total. The summed E-state index contributed by atoms with van der Waals surface area (Å²) in [7, 11) is 0. The molecule has 0 atom stereocenters. The van der Waals surface area contributed by atoms with Crippen molar-refractivity contribution < 1.29 is 0 Å². The first kappa shape index (κ1) is 13.9. The summed E-state index contributed by atoms with van der Waals surface area (Å²) in [5.41, 5.74) is 2.74. The summed E-state index contributed by atoms with van der Waals surface area (Å²) in [5.74, 6) is 0.871. The van der Waals surface area contributed by atoms with Gasteiger partial charge in [0.05, 0.1) is 5.69 Å². The molecule has 4 rings (SSSR count). The van der Waals surface area contributed by atoms with E-state index in [0.717, 1.165) is 33.5 Å². The Hall–Kier alpha value is -2.75. The minimum absolute atomic E-state index is 0.122. The molecule has 2 aromatic heterocycles. The van der Waals surface area contributed by atoms with E-state index in [1.165, 1.54) is 0 Å². The van der Waals surface area contributed by atoms with Crippen molar-refractivity contribution in [1.29, 1.82) is 0 Å². The van der Waals surface area contributed by atoms with Crippen molar-refractivity contribution in [3.8, 4) is 11.3 Å². The van der Waals surface area contributed by atoms with E-state index in [1.54, 1.807) is 0 Å². The molecule has 0 saturated heterocycles. The second kappa shape index (κ2) is 4.88. The third-order valence-corrected chi connectivity index (χ3v) is 3.98. The van der Waals surface area contributed by atoms with Crippen LogP contribution in [-0.4, -0.2) is 19.8 Å². The molecular formula is C19H18N4. The Morgan fingerprint density at radius 3 is 2.13 bits per heavy atom. The number of aromatic nitrogens is 4. The van der Waals surface area contributed by atoms with Gasteiger partial charge < -0.3 is 0 Å². The summed E-state index contributed by atoms with van der Waals surface area (Å²) in [5, 5.41) is 15.9. The van der Waals surface area contributed by atoms with Gasteiger partial charge in [-0.15, -0.1) is 10.2 Å². The van der Waals surface area contributed by atoms with Crippen LogP contribution in [-0.2, 0) is 5.41 Å². The largest absolute Gasteiger partial charge is 0.196 e. The van der Waals surface area contributed by atoms with E-state index < -0.39 is 0 Å². The molecule has 4 heteroatoms. The maximum absolute atomic E-state index is 4.89. The third kappa shape index (κ3) is 2.18. The van der Waals surface area contributed by atoms with Gasteiger partial charge in [-0.3, -0.25) is 0 Å². The van der Waals surface area contributed by atoms with Crippen LogP contribution < -0.4 is 0 Å². The second-order valence-electron chi connectivity index (χ2n) is 6.77. The van der Waals surface area contributed by atoms with Crippen molar-refractivity contribution in [2.45, 2.75) is 26.2 Å². The smallest absolute Gasteiger partial charge is 0.185 e. The molecule has 0 amide bonds. The van der Waals surface area contributed by atoms with Crippen LogP contribution >= 0.6 is 0 Å². The van der Waals surface area contributed by atoms with Crippen LogP contribution in [0.2, 0.25) is 0 Å². The van der Waals surface area contributed by atoms with Crippen molar-refractivity contribution in [3.05, 3.63) is 60.4 Å². The highest BCUT2D eigenvalue weighted by molar-refractivity contribution is 6.01. The summed E-state index contributed by atoms with van der Waals surface area (Å²) < 4.78 is 1.89. The molecule has 0 bridgehead atoms. The molecule has 0 aliphatic heterocycles. The van der Waals surface area contributed by atoms with Crippen molar-refractivity contribution >= 4 is 16.4 Å². The number of fused-ring (bicyclic) bond motifs is 3. The van der Waals surface area contributed by atoms with Gasteiger partial charge in [0.2, 0.25) is 0 Å². The zero-order valence-corrected chi connectivity index (χ0v) is 13.5. The first-order valence-corrected chi connectivity index (χ1v) is 7.76. The van der Waals surface area contributed by atoms with Gasteiger partial charge in [0.25, 0.3) is 0 Å². The first-order valence-electron chi connectivity index (χ1n) is 7.76. The highest BCUT2D eigenvalue weighted by Gasteiger charge is 2.23. The summed E-state index contributed by atoms with van der Waals surface area (Å²) >= 11 is 0. The van der Waals surface area contributed by atoms with E-state index in [9.17, 15) is 0 Å². The van der Waals surface area contributed by atoms with Gasteiger partial charge in [0.1, 0.15) is 0 Å². The lowest BCUT2D eigenvalue weighted by Gasteiger charge is -2.16. The van der Waals surface area contributed by atoms with Crippen molar-refractivity contribution in [3.63, 3.8) is 0 Å². The molecule has 2 heterocycles. The summed E-state index contributed by atoms with van der Waals surface area (Å²) in [6, 6.07) is 18.5. The van der Waals surface area contributed by atoms with E-state index in [2.05, 4.69) is 55.2 Å². The predicted octanol–water partition coefficient (Wildman–Crippen LogP) is 4.24. The minimum atomic E-state index is -0.122. The Bertz CT molecular complexity index is 994. The van der Waals surface area contributed by atoms with Crippen LogP contribution in [0.25, 0.3) is 27.7 Å². The quantitative estimate of drug-likeness (QED) is 0.528. The minimum Gasteiger partial charge on any atom is -0.196 e. The second-order valence-corrected chi connectivity index (χ2v) is 6.77. The molecule has 0 aliphatic carbocycles. The van der Waals surface area contributed by atoms with Crippen LogP contribution in [0, 0.1) is 0 Å². The average Bonchev–Trinajstić information content (AvgIpc) is 2.99. The van der Waals surface area contributed by atoms with E-state index in [1.807, 2.05) is 34.8 Å². The number of rotatable bonds is 1. The fourth-order valence-electron chi connectivity index (χ4n) is 2.86. The van der Waals surface area contributed by atoms with Gasteiger partial charge in [-0.1, -0.05) is 75.4 Å². The molecule has 0 unspecified atom stereocenters. The van der Waals surface area contributed by atoms with Crippen LogP contribution in [0.15, 0.2) is 54.6 Å². The van der Waals surface area contributed by atoms with Crippen molar-refractivity contribution in [1.82, 2.24) is 19.8 Å². The zero-order chi connectivity index (χ0) is 16.0. The van der Waals surface area contributed by atoms with Gasteiger partial charge >= 0.3 is 0 Å². The number of hydrogen-bond acceptors (Lipinski definition) is 3. The van der Waals surface area contributed by atoms with Crippen LogP contribution in [0.1, 0.15) is 26.6 Å².